The van der Waals surface area contributed by atoms with Gasteiger partial charge in [0.05, 0.1) is 0 Å². The fourth-order valence-corrected chi connectivity index (χ4v) is 8.24. The first-order valence-electron chi connectivity index (χ1n) is 17.4. The summed E-state index contributed by atoms with van der Waals surface area (Å²) in [5, 5.41) is 12.5. The van der Waals surface area contributed by atoms with Gasteiger partial charge in [-0.15, -0.1) is 0 Å². The van der Waals surface area contributed by atoms with Gasteiger partial charge in [-0.2, -0.15) is 0 Å². The minimum Gasteiger partial charge on any atom is -0.0616 e. The molecule has 0 atom stereocenters. The van der Waals surface area contributed by atoms with E-state index in [-0.39, 0.29) is 0 Å². The van der Waals surface area contributed by atoms with Gasteiger partial charge in [0, 0.05) is 0 Å². The van der Waals surface area contributed by atoms with E-state index in [1.54, 1.807) is 0 Å². The zero-order valence-electron chi connectivity index (χ0n) is 27.5. The van der Waals surface area contributed by atoms with E-state index in [4.69, 9.17) is 0 Å². The van der Waals surface area contributed by atoms with Gasteiger partial charge in [0.15, 0.2) is 0 Å². The molecule has 0 bridgehead atoms. The van der Waals surface area contributed by atoms with Gasteiger partial charge in [0.2, 0.25) is 0 Å². The van der Waals surface area contributed by atoms with Crippen molar-refractivity contribution in [3.8, 4) is 44.5 Å². The summed E-state index contributed by atoms with van der Waals surface area (Å²) in [6, 6.07) is 71.5. The fraction of sp³-hybridized carbons (Fsp3) is 0. The summed E-state index contributed by atoms with van der Waals surface area (Å²) < 4.78 is 0. The molecule has 0 nitrogen and oxygen atoms in total. The van der Waals surface area contributed by atoms with Gasteiger partial charge >= 0.3 is 0 Å². The smallest absolute Gasteiger partial charge is 0.00139 e. The van der Waals surface area contributed by atoms with E-state index in [2.05, 4.69) is 194 Å². The number of fused-ring (bicyclic) bond motifs is 5. The first kappa shape index (κ1) is 28.5. The molecule has 0 heterocycles. The molecule has 10 aromatic carbocycles. The molecule has 0 unspecified atom stereocenters. The quantitative estimate of drug-likeness (QED) is 0.169. The fourth-order valence-electron chi connectivity index (χ4n) is 8.24. The molecule has 0 N–H and O–H groups in total. The van der Waals surface area contributed by atoms with Gasteiger partial charge in [-0.25, -0.2) is 0 Å². The molecule has 0 fully saturated rings. The van der Waals surface area contributed by atoms with Crippen LogP contribution in [-0.4, -0.2) is 0 Å². The highest BCUT2D eigenvalue weighted by molar-refractivity contribution is 6.25. The normalized spacial score (nSPS) is 11.6. The highest BCUT2D eigenvalue weighted by Gasteiger charge is 2.23. The Morgan fingerprint density at radius 1 is 0.200 bits per heavy atom. The van der Waals surface area contributed by atoms with Crippen molar-refractivity contribution in [1.29, 1.82) is 0 Å². The van der Waals surface area contributed by atoms with Crippen molar-refractivity contribution in [2.24, 2.45) is 0 Å². The molecular formula is C50H32. The predicted octanol–water partition coefficient (Wildman–Crippen LogP) is 14.1. The standard InChI is InChI=1S/C50H32/c1-2-17-36-32-37(31-30-33(36)14-1)48-44-22-7-9-24-46(44)50(47-25-10-8-23-45(47)48)49-42(40-26-11-18-34-15-3-5-20-38(34)40)28-13-29-43(49)41-27-12-19-35-16-4-6-21-39(35)41/h1-32H. The zero-order chi connectivity index (χ0) is 33.0. The third kappa shape index (κ3) is 4.46. The molecule has 0 amide bonds. The van der Waals surface area contributed by atoms with Crippen molar-refractivity contribution < 1.29 is 0 Å². The van der Waals surface area contributed by atoms with Gasteiger partial charge in [0.1, 0.15) is 0 Å². The van der Waals surface area contributed by atoms with Crippen LogP contribution in [0, 0.1) is 0 Å². The SMILES string of the molecule is c1cc(-c2cccc3ccccc23)c(-c2c3ccccc3c(-c3ccc4ccccc4c3)c3ccccc23)c(-c2cccc3ccccc23)c1. The van der Waals surface area contributed by atoms with Gasteiger partial charge in [-0.05, 0) is 104 Å². The molecule has 0 aromatic heterocycles. The van der Waals surface area contributed by atoms with E-state index in [0.717, 1.165) is 0 Å². The monoisotopic (exact) mass is 632 g/mol. The lowest BCUT2D eigenvalue weighted by atomic mass is 9.80. The number of hydrogen-bond acceptors (Lipinski definition) is 0. The van der Waals surface area contributed by atoms with Crippen LogP contribution < -0.4 is 0 Å². The lowest BCUT2D eigenvalue weighted by Crippen LogP contribution is -1.96. The lowest BCUT2D eigenvalue weighted by Gasteiger charge is -2.23. The molecule has 0 spiro atoms. The molecule has 50 heavy (non-hydrogen) atoms. The Labute approximate surface area is 291 Å². The molecule has 0 saturated heterocycles. The average Bonchev–Trinajstić information content (AvgIpc) is 3.19. The van der Waals surface area contributed by atoms with E-state index in [0.29, 0.717) is 0 Å². The van der Waals surface area contributed by atoms with Crippen molar-refractivity contribution >= 4 is 53.9 Å². The molecule has 0 aliphatic heterocycles. The molecule has 10 rings (SSSR count). The van der Waals surface area contributed by atoms with Gasteiger partial charge in [-0.1, -0.05) is 188 Å². The van der Waals surface area contributed by atoms with E-state index >= 15 is 0 Å². The van der Waals surface area contributed by atoms with Crippen LogP contribution in [0.1, 0.15) is 0 Å². The van der Waals surface area contributed by atoms with Crippen molar-refractivity contribution in [3.63, 3.8) is 0 Å². The summed E-state index contributed by atoms with van der Waals surface area (Å²) in [5.74, 6) is 0. The molecule has 10 aromatic rings. The largest absolute Gasteiger partial charge is 0.0616 e. The lowest BCUT2D eigenvalue weighted by molar-refractivity contribution is 1.61. The average molecular weight is 633 g/mol. The van der Waals surface area contributed by atoms with Crippen LogP contribution in [0.25, 0.3) is 98.4 Å². The molecular weight excluding hydrogens is 601 g/mol. The Hall–Kier alpha value is -6.50. The maximum atomic E-state index is 2.36. The maximum Gasteiger partial charge on any atom is -0.00139 e. The summed E-state index contributed by atoms with van der Waals surface area (Å²) in [7, 11) is 0. The van der Waals surface area contributed by atoms with Crippen molar-refractivity contribution in [2.75, 3.05) is 0 Å². The third-order valence-corrected chi connectivity index (χ3v) is 10.4. The van der Waals surface area contributed by atoms with Gasteiger partial charge < -0.3 is 0 Å². The van der Waals surface area contributed by atoms with Gasteiger partial charge in [-0.3, -0.25) is 0 Å². The third-order valence-electron chi connectivity index (χ3n) is 10.4. The van der Waals surface area contributed by atoms with Crippen LogP contribution in [0.5, 0.6) is 0 Å². The van der Waals surface area contributed by atoms with E-state index in [1.165, 1.54) is 98.4 Å². The van der Waals surface area contributed by atoms with Crippen LogP contribution in [-0.2, 0) is 0 Å². The Morgan fingerprint density at radius 2 is 0.580 bits per heavy atom. The molecule has 0 heteroatoms. The predicted molar refractivity (Wildman–Crippen MR) is 216 cm³/mol. The van der Waals surface area contributed by atoms with Crippen molar-refractivity contribution in [2.45, 2.75) is 0 Å². The summed E-state index contributed by atoms with van der Waals surface area (Å²) >= 11 is 0. The Morgan fingerprint density at radius 3 is 1.12 bits per heavy atom. The summed E-state index contributed by atoms with van der Waals surface area (Å²) in [4.78, 5) is 0. The van der Waals surface area contributed by atoms with Crippen LogP contribution >= 0.6 is 0 Å². The van der Waals surface area contributed by atoms with Crippen molar-refractivity contribution in [3.05, 3.63) is 194 Å². The van der Waals surface area contributed by atoms with Crippen LogP contribution in [0.3, 0.4) is 0 Å². The van der Waals surface area contributed by atoms with Crippen LogP contribution in [0.4, 0.5) is 0 Å². The highest BCUT2D eigenvalue weighted by Crippen LogP contribution is 2.50. The van der Waals surface area contributed by atoms with Crippen LogP contribution in [0.2, 0.25) is 0 Å². The number of rotatable bonds is 4. The highest BCUT2D eigenvalue weighted by atomic mass is 14.3. The van der Waals surface area contributed by atoms with Crippen molar-refractivity contribution in [1.82, 2.24) is 0 Å². The summed E-state index contributed by atoms with van der Waals surface area (Å²) in [6.07, 6.45) is 0. The van der Waals surface area contributed by atoms with Crippen LogP contribution in [0.15, 0.2) is 194 Å². The topological polar surface area (TPSA) is 0 Å². The van der Waals surface area contributed by atoms with E-state index < -0.39 is 0 Å². The second kappa shape index (κ2) is 11.6. The number of benzene rings is 10. The zero-order valence-corrected chi connectivity index (χ0v) is 27.5. The molecule has 0 radical (unpaired) electrons. The first-order valence-corrected chi connectivity index (χ1v) is 17.4. The minimum atomic E-state index is 1.24. The Balaban J connectivity index is 1.39. The summed E-state index contributed by atoms with van der Waals surface area (Å²) in [6.45, 7) is 0. The molecule has 0 aliphatic rings. The second-order valence-corrected chi connectivity index (χ2v) is 13.2. The Kier molecular flexibility index (Phi) is 6.60. The molecule has 0 aliphatic carbocycles. The minimum absolute atomic E-state index is 1.24. The summed E-state index contributed by atoms with van der Waals surface area (Å²) in [5.41, 5.74) is 10.0. The molecule has 0 saturated carbocycles. The second-order valence-electron chi connectivity index (χ2n) is 13.2. The van der Waals surface area contributed by atoms with E-state index in [9.17, 15) is 0 Å². The van der Waals surface area contributed by atoms with Gasteiger partial charge in [0.25, 0.3) is 0 Å². The van der Waals surface area contributed by atoms with E-state index in [1.807, 2.05) is 0 Å². The number of hydrogen-bond donors (Lipinski definition) is 0. The maximum absolute atomic E-state index is 2.36. The Bertz CT molecular complexity index is 2760. The first-order chi connectivity index (χ1) is 24.8. The molecule has 232 valence electrons.